The maximum absolute atomic E-state index is 6.28. The van der Waals surface area contributed by atoms with Crippen LogP contribution in [0, 0.1) is 5.92 Å². The Bertz CT molecular complexity index is 783. The fourth-order valence-electron chi connectivity index (χ4n) is 3.63. The van der Waals surface area contributed by atoms with Gasteiger partial charge in [-0.15, -0.1) is 0 Å². The van der Waals surface area contributed by atoms with Crippen LogP contribution in [0.2, 0.25) is 0 Å². The molecule has 2 aromatic rings. The van der Waals surface area contributed by atoms with E-state index in [-0.39, 0.29) is 12.3 Å². The van der Waals surface area contributed by atoms with E-state index >= 15 is 0 Å². The third-order valence-electron chi connectivity index (χ3n) is 4.87. The zero-order chi connectivity index (χ0) is 17.4. The van der Waals surface area contributed by atoms with Gasteiger partial charge in [0.25, 0.3) is 0 Å². The maximum atomic E-state index is 6.28. The first kappa shape index (κ1) is 16.0. The minimum Gasteiger partial charge on any atom is -0.497 e. The van der Waals surface area contributed by atoms with Crippen molar-refractivity contribution in [3.63, 3.8) is 0 Å². The van der Waals surface area contributed by atoms with Gasteiger partial charge in [-0.05, 0) is 41.8 Å². The van der Waals surface area contributed by atoms with Crippen molar-refractivity contribution >= 4 is 5.71 Å². The first-order valence-electron chi connectivity index (χ1n) is 8.91. The van der Waals surface area contributed by atoms with Crippen LogP contribution >= 0.6 is 0 Å². The molecule has 25 heavy (non-hydrogen) atoms. The van der Waals surface area contributed by atoms with Crippen LogP contribution < -0.4 is 9.47 Å². The zero-order valence-electron chi connectivity index (χ0n) is 15.0. The summed E-state index contributed by atoms with van der Waals surface area (Å²) in [5.74, 6) is 2.42. The predicted octanol–water partition coefficient (Wildman–Crippen LogP) is 4.61. The third-order valence-corrected chi connectivity index (χ3v) is 4.87. The van der Waals surface area contributed by atoms with Crippen LogP contribution in [0.3, 0.4) is 0 Å². The lowest BCUT2D eigenvalue weighted by Crippen LogP contribution is -2.41. The Morgan fingerprint density at radius 3 is 2.64 bits per heavy atom. The topological polar surface area (TPSA) is 34.1 Å². The highest BCUT2D eigenvalue weighted by molar-refractivity contribution is 6.02. The fourth-order valence-corrected chi connectivity index (χ4v) is 3.63. The molecule has 0 saturated heterocycles. The van der Waals surface area contributed by atoms with Gasteiger partial charge in [0.05, 0.1) is 18.9 Å². The standard InChI is InChI=1S/C21H24N2O2/c1-14(2)12-21-23-19(17-6-4-5-7-20(17)25-21)13-18(22-23)15-8-10-16(24-3)11-9-15/h4-11,14,19,21H,12-13H2,1-3H3/t19-,21+/m1/s1. The van der Waals surface area contributed by atoms with Crippen LogP contribution in [0.4, 0.5) is 0 Å². The second-order valence-corrected chi connectivity index (χ2v) is 7.12. The Kier molecular flexibility index (Phi) is 4.12. The Morgan fingerprint density at radius 1 is 1.16 bits per heavy atom. The van der Waals surface area contributed by atoms with E-state index in [1.165, 1.54) is 5.56 Å². The molecule has 4 nitrogen and oxygen atoms in total. The molecule has 0 amide bonds. The summed E-state index contributed by atoms with van der Waals surface area (Å²) >= 11 is 0. The van der Waals surface area contributed by atoms with Crippen molar-refractivity contribution in [3.8, 4) is 11.5 Å². The number of hydrogen-bond acceptors (Lipinski definition) is 4. The Labute approximate surface area is 149 Å². The molecule has 4 heteroatoms. The highest BCUT2D eigenvalue weighted by Crippen LogP contribution is 2.44. The van der Waals surface area contributed by atoms with Crippen molar-refractivity contribution in [2.24, 2.45) is 11.0 Å². The molecule has 2 aliphatic rings. The van der Waals surface area contributed by atoms with Gasteiger partial charge in [-0.2, -0.15) is 5.10 Å². The van der Waals surface area contributed by atoms with Crippen LogP contribution in [0.25, 0.3) is 0 Å². The smallest absolute Gasteiger partial charge is 0.188 e. The summed E-state index contributed by atoms with van der Waals surface area (Å²) in [6.07, 6.45) is 1.86. The van der Waals surface area contributed by atoms with E-state index in [0.29, 0.717) is 5.92 Å². The number of rotatable bonds is 4. The van der Waals surface area contributed by atoms with Crippen LogP contribution in [0.15, 0.2) is 53.6 Å². The van der Waals surface area contributed by atoms with Crippen molar-refractivity contribution in [3.05, 3.63) is 59.7 Å². The van der Waals surface area contributed by atoms with Gasteiger partial charge in [0.1, 0.15) is 11.5 Å². The molecule has 0 N–H and O–H groups in total. The molecule has 0 aromatic heterocycles. The van der Waals surface area contributed by atoms with Gasteiger partial charge in [0.15, 0.2) is 6.23 Å². The summed E-state index contributed by atoms with van der Waals surface area (Å²) in [7, 11) is 1.69. The van der Waals surface area contributed by atoms with Gasteiger partial charge in [0, 0.05) is 18.4 Å². The van der Waals surface area contributed by atoms with Gasteiger partial charge in [-0.1, -0.05) is 32.0 Å². The largest absolute Gasteiger partial charge is 0.497 e. The quantitative estimate of drug-likeness (QED) is 0.817. The molecule has 0 radical (unpaired) electrons. The summed E-state index contributed by atoms with van der Waals surface area (Å²) in [6, 6.07) is 16.8. The molecule has 0 bridgehead atoms. The average molecular weight is 336 g/mol. The van der Waals surface area contributed by atoms with Crippen molar-refractivity contribution < 1.29 is 9.47 Å². The van der Waals surface area contributed by atoms with Gasteiger partial charge >= 0.3 is 0 Å². The lowest BCUT2D eigenvalue weighted by atomic mass is 9.95. The fraction of sp³-hybridized carbons (Fsp3) is 0.381. The summed E-state index contributed by atoms with van der Waals surface area (Å²) in [5, 5.41) is 7.12. The molecule has 4 rings (SSSR count). The summed E-state index contributed by atoms with van der Waals surface area (Å²) in [5.41, 5.74) is 3.49. The van der Waals surface area contributed by atoms with E-state index in [1.54, 1.807) is 7.11 Å². The van der Waals surface area contributed by atoms with Gasteiger partial charge in [-0.3, -0.25) is 5.01 Å². The van der Waals surface area contributed by atoms with Crippen LogP contribution in [0.5, 0.6) is 11.5 Å². The first-order chi connectivity index (χ1) is 12.2. The lowest BCUT2D eigenvalue weighted by molar-refractivity contribution is -0.0291. The molecular formula is C21H24N2O2. The van der Waals surface area contributed by atoms with Gasteiger partial charge < -0.3 is 9.47 Å². The molecule has 2 aromatic carbocycles. The summed E-state index contributed by atoms with van der Waals surface area (Å²) in [6.45, 7) is 4.45. The normalized spacial score (nSPS) is 21.4. The second kappa shape index (κ2) is 6.43. The number of ether oxygens (including phenoxy) is 2. The Balaban J connectivity index is 1.68. The average Bonchev–Trinajstić information content (AvgIpc) is 3.07. The van der Waals surface area contributed by atoms with Crippen LogP contribution in [-0.2, 0) is 0 Å². The molecule has 2 atom stereocenters. The number of methoxy groups -OCH3 is 1. The highest BCUT2D eigenvalue weighted by Gasteiger charge is 2.40. The van der Waals surface area contributed by atoms with E-state index in [0.717, 1.165) is 35.6 Å². The van der Waals surface area contributed by atoms with Crippen molar-refractivity contribution in [2.75, 3.05) is 7.11 Å². The lowest BCUT2D eigenvalue weighted by Gasteiger charge is -2.38. The van der Waals surface area contributed by atoms with E-state index < -0.39 is 0 Å². The van der Waals surface area contributed by atoms with E-state index in [9.17, 15) is 0 Å². The van der Waals surface area contributed by atoms with Crippen molar-refractivity contribution in [2.45, 2.75) is 39.0 Å². The predicted molar refractivity (Wildman–Crippen MR) is 99.0 cm³/mol. The Morgan fingerprint density at radius 2 is 1.92 bits per heavy atom. The number of para-hydroxylation sites is 1. The molecule has 2 aliphatic heterocycles. The highest BCUT2D eigenvalue weighted by atomic mass is 16.5. The number of hydrogen-bond donors (Lipinski definition) is 0. The minimum absolute atomic E-state index is 0.00403. The molecule has 0 aliphatic carbocycles. The number of fused-ring (bicyclic) bond motifs is 3. The maximum Gasteiger partial charge on any atom is 0.188 e. The molecule has 2 heterocycles. The van der Waals surface area contributed by atoms with Crippen molar-refractivity contribution in [1.29, 1.82) is 0 Å². The van der Waals surface area contributed by atoms with E-state index in [1.807, 2.05) is 18.2 Å². The Hall–Kier alpha value is -2.49. The molecule has 0 fully saturated rings. The molecule has 0 unspecified atom stereocenters. The van der Waals surface area contributed by atoms with Gasteiger partial charge in [0.2, 0.25) is 0 Å². The number of hydrazone groups is 1. The van der Waals surface area contributed by atoms with E-state index in [2.05, 4.69) is 49.2 Å². The zero-order valence-corrected chi connectivity index (χ0v) is 15.0. The van der Waals surface area contributed by atoms with Gasteiger partial charge in [-0.25, -0.2) is 0 Å². The summed E-state index contributed by atoms with van der Waals surface area (Å²) in [4.78, 5) is 0. The molecule has 130 valence electrons. The third kappa shape index (κ3) is 2.97. The van der Waals surface area contributed by atoms with Crippen molar-refractivity contribution in [1.82, 2.24) is 5.01 Å². The second-order valence-electron chi connectivity index (χ2n) is 7.12. The minimum atomic E-state index is -0.00403. The van der Waals surface area contributed by atoms with Crippen LogP contribution in [0.1, 0.15) is 43.9 Å². The molecular weight excluding hydrogens is 312 g/mol. The number of nitrogens with zero attached hydrogens (tertiary/aromatic N) is 2. The molecule has 0 saturated carbocycles. The SMILES string of the molecule is COc1ccc(C2=NN3[C@H](CC(C)C)Oc4ccccc4[C@H]3C2)cc1. The number of benzene rings is 2. The monoisotopic (exact) mass is 336 g/mol. The first-order valence-corrected chi connectivity index (χ1v) is 8.91. The van der Waals surface area contributed by atoms with E-state index in [4.69, 9.17) is 14.6 Å². The molecule has 0 spiro atoms. The van der Waals surface area contributed by atoms with Crippen LogP contribution in [-0.4, -0.2) is 24.1 Å². The summed E-state index contributed by atoms with van der Waals surface area (Å²) < 4.78 is 11.5.